The van der Waals surface area contributed by atoms with Crippen molar-refractivity contribution in [3.63, 3.8) is 0 Å². The van der Waals surface area contributed by atoms with Crippen molar-refractivity contribution in [3.8, 4) is 28.5 Å². The maximum Gasteiger partial charge on any atom is 0.163 e. The van der Waals surface area contributed by atoms with Crippen LogP contribution in [0.25, 0.3) is 28.5 Å². The van der Waals surface area contributed by atoms with Crippen LogP contribution < -0.4 is 0 Å². The van der Waals surface area contributed by atoms with Gasteiger partial charge in [-0.05, 0) is 18.2 Å². The van der Waals surface area contributed by atoms with E-state index >= 15 is 0 Å². The van der Waals surface area contributed by atoms with E-state index in [1.54, 1.807) is 54.0 Å². The van der Waals surface area contributed by atoms with Gasteiger partial charge in [-0.15, -0.1) is 0 Å². The summed E-state index contributed by atoms with van der Waals surface area (Å²) in [5, 5.41) is 4.32. The van der Waals surface area contributed by atoms with Crippen molar-refractivity contribution in [2.75, 3.05) is 0 Å². The number of rotatable bonds is 3. The predicted molar refractivity (Wildman–Crippen MR) is 82.2 cm³/mol. The first-order valence-corrected chi connectivity index (χ1v) is 6.89. The van der Waals surface area contributed by atoms with E-state index in [0.29, 0.717) is 17.2 Å². The third-order valence-electron chi connectivity index (χ3n) is 3.19. The number of nitrogens with zero attached hydrogens (tertiary/aromatic N) is 7. The monoisotopic (exact) mass is 300 g/mol. The Kier molecular flexibility index (Phi) is 3.28. The zero-order chi connectivity index (χ0) is 15.5. The normalized spacial score (nSPS) is 10.6. The minimum Gasteiger partial charge on any atom is -0.253 e. The molecule has 1 radical (unpaired) electrons. The summed E-state index contributed by atoms with van der Waals surface area (Å²) in [7, 11) is 0. The van der Waals surface area contributed by atoms with Crippen LogP contribution in [-0.4, -0.2) is 34.7 Å². The summed E-state index contributed by atoms with van der Waals surface area (Å²) < 4.78 is 1.72. The molecule has 4 rings (SSSR count). The highest BCUT2D eigenvalue weighted by atomic mass is 15.3. The quantitative estimate of drug-likeness (QED) is 0.575. The van der Waals surface area contributed by atoms with Crippen LogP contribution in [0, 0.1) is 6.20 Å². The van der Waals surface area contributed by atoms with E-state index in [2.05, 4.69) is 36.2 Å². The molecule has 0 atom stereocenters. The molecular formula is C16H10N7. The Hall–Kier alpha value is -3.48. The van der Waals surface area contributed by atoms with E-state index in [1.807, 2.05) is 12.3 Å². The van der Waals surface area contributed by atoms with Gasteiger partial charge in [0.15, 0.2) is 11.6 Å². The summed E-state index contributed by atoms with van der Waals surface area (Å²) in [6.45, 7) is 0. The summed E-state index contributed by atoms with van der Waals surface area (Å²) in [5.41, 5.74) is 2.11. The number of hydrogen-bond donors (Lipinski definition) is 0. The average molecular weight is 300 g/mol. The van der Waals surface area contributed by atoms with Gasteiger partial charge in [0.05, 0.1) is 16.8 Å². The Bertz CT molecular complexity index is 848. The predicted octanol–water partition coefficient (Wildman–Crippen LogP) is 1.98. The first kappa shape index (κ1) is 13.2. The molecule has 4 aromatic heterocycles. The Morgan fingerprint density at radius 2 is 1.48 bits per heavy atom. The van der Waals surface area contributed by atoms with Gasteiger partial charge < -0.3 is 0 Å². The van der Waals surface area contributed by atoms with Gasteiger partial charge in [-0.2, -0.15) is 5.10 Å². The molecule has 0 amide bonds. The van der Waals surface area contributed by atoms with Crippen LogP contribution in [0.1, 0.15) is 0 Å². The minimum atomic E-state index is 0.517. The lowest BCUT2D eigenvalue weighted by molar-refractivity contribution is 0.876. The molecule has 4 heterocycles. The summed E-state index contributed by atoms with van der Waals surface area (Å²) in [5.74, 6) is 1.07. The molecule has 0 bridgehead atoms. The summed E-state index contributed by atoms with van der Waals surface area (Å²) >= 11 is 0. The molecule has 0 aliphatic carbocycles. The third-order valence-corrected chi connectivity index (χ3v) is 3.19. The maximum atomic E-state index is 4.32. The molecule has 7 heteroatoms. The Morgan fingerprint density at radius 1 is 0.783 bits per heavy atom. The van der Waals surface area contributed by atoms with E-state index in [9.17, 15) is 0 Å². The molecule has 0 saturated carbocycles. The van der Waals surface area contributed by atoms with Crippen LogP contribution in [0.2, 0.25) is 0 Å². The summed E-state index contributed by atoms with van der Waals surface area (Å²) in [4.78, 5) is 21.4. The summed E-state index contributed by atoms with van der Waals surface area (Å²) in [6.07, 6.45) is 14.9. The summed E-state index contributed by atoms with van der Waals surface area (Å²) in [6, 6.07) is 5.36. The van der Waals surface area contributed by atoms with Crippen LogP contribution in [0.5, 0.6) is 0 Å². The van der Waals surface area contributed by atoms with Crippen LogP contribution in [0.3, 0.4) is 0 Å². The van der Waals surface area contributed by atoms with Crippen molar-refractivity contribution in [3.05, 3.63) is 67.8 Å². The fourth-order valence-corrected chi connectivity index (χ4v) is 2.24. The smallest absolute Gasteiger partial charge is 0.163 e. The van der Waals surface area contributed by atoms with E-state index < -0.39 is 0 Å². The lowest BCUT2D eigenvalue weighted by atomic mass is 10.1. The fraction of sp³-hybridized carbons (Fsp3) is 0. The second kappa shape index (κ2) is 5.72. The number of aromatic nitrogens is 7. The van der Waals surface area contributed by atoms with Crippen molar-refractivity contribution >= 4 is 0 Å². The van der Waals surface area contributed by atoms with E-state index in [4.69, 9.17) is 0 Å². The van der Waals surface area contributed by atoms with Gasteiger partial charge >= 0.3 is 0 Å². The van der Waals surface area contributed by atoms with Crippen molar-refractivity contribution in [1.29, 1.82) is 0 Å². The van der Waals surface area contributed by atoms with Crippen molar-refractivity contribution in [2.24, 2.45) is 0 Å². The Balaban J connectivity index is 2.01. The fourth-order valence-electron chi connectivity index (χ4n) is 2.24. The van der Waals surface area contributed by atoms with Gasteiger partial charge in [-0.3, -0.25) is 4.98 Å². The van der Waals surface area contributed by atoms with E-state index in [0.717, 1.165) is 11.3 Å². The second-order valence-corrected chi connectivity index (χ2v) is 4.60. The highest BCUT2D eigenvalue weighted by Gasteiger charge is 2.18. The highest BCUT2D eigenvalue weighted by molar-refractivity contribution is 5.78. The molecule has 4 aromatic rings. The Labute approximate surface area is 131 Å². The SMILES string of the molecule is [c]1ncc(-c2ncccn2)c(-n2cccn2)c1-c1ncccn1. The van der Waals surface area contributed by atoms with Crippen LogP contribution >= 0.6 is 0 Å². The lowest BCUT2D eigenvalue weighted by Crippen LogP contribution is -2.04. The molecule has 0 aliphatic rings. The molecule has 0 fully saturated rings. The molecule has 7 nitrogen and oxygen atoms in total. The first-order chi connectivity index (χ1) is 11.4. The molecule has 0 aromatic carbocycles. The van der Waals surface area contributed by atoms with Gasteiger partial charge in [-0.1, -0.05) is 0 Å². The molecule has 0 saturated heterocycles. The molecule has 0 aliphatic heterocycles. The zero-order valence-electron chi connectivity index (χ0n) is 11.9. The Morgan fingerprint density at radius 3 is 2.13 bits per heavy atom. The van der Waals surface area contributed by atoms with Crippen molar-refractivity contribution in [1.82, 2.24) is 34.7 Å². The van der Waals surface area contributed by atoms with Gasteiger partial charge in [0, 0.05) is 43.4 Å². The van der Waals surface area contributed by atoms with Gasteiger partial charge in [0.2, 0.25) is 0 Å². The standard InChI is InChI=1S/C16H10N7/c1-4-18-15(19-5-1)12-10-17-11-13(16-20-6-2-7-21-16)14(12)23-9-3-8-22-23/h1-10H. The van der Waals surface area contributed by atoms with Gasteiger partial charge in [0.25, 0.3) is 0 Å². The van der Waals surface area contributed by atoms with E-state index in [1.165, 1.54) is 0 Å². The molecular weight excluding hydrogens is 290 g/mol. The molecule has 23 heavy (non-hydrogen) atoms. The molecule has 0 N–H and O–H groups in total. The molecule has 109 valence electrons. The molecule has 0 spiro atoms. The zero-order valence-corrected chi connectivity index (χ0v) is 11.9. The largest absolute Gasteiger partial charge is 0.253 e. The van der Waals surface area contributed by atoms with E-state index in [-0.39, 0.29) is 0 Å². The van der Waals surface area contributed by atoms with Crippen molar-refractivity contribution in [2.45, 2.75) is 0 Å². The van der Waals surface area contributed by atoms with Crippen LogP contribution in [-0.2, 0) is 0 Å². The van der Waals surface area contributed by atoms with Gasteiger partial charge in [0.1, 0.15) is 6.20 Å². The highest BCUT2D eigenvalue weighted by Crippen LogP contribution is 2.30. The number of pyridine rings is 1. The van der Waals surface area contributed by atoms with Crippen LogP contribution in [0.4, 0.5) is 0 Å². The lowest BCUT2D eigenvalue weighted by Gasteiger charge is -2.12. The van der Waals surface area contributed by atoms with Crippen molar-refractivity contribution < 1.29 is 0 Å². The second-order valence-electron chi connectivity index (χ2n) is 4.60. The topological polar surface area (TPSA) is 82.3 Å². The van der Waals surface area contributed by atoms with Crippen LogP contribution in [0.15, 0.2) is 61.6 Å². The minimum absolute atomic E-state index is 0.517. The first-order valence-electron chi connectivity index (χ1n) is 6.89. The third kappa shape index (κ3) is 2.44. The maximum absolute atomic E-state index is 4.32. The average Bonchev–Trinajstić information content (AvgIpc) is 3.17. The molecule has 0 unspecified atom stereocenters. The number of hydrogen-bond acceptors (Lipinski definition) is 6. The van der Waals surface area contributed by atoms with Gasteiger partial charge in [-0.25, -0.2) is 24.6 Å².